The van der Waals surface area contributed by atoms with Crippen LogP contribution in [-0.2, 0) is 11.8 Å². The molecule has 1 aliphatic rings. The van der Waals surface area contributed by atoms with E-state index in [1.807, 2.05) is 7.05 Å². The molecule has 0 bridgehead atoms. The van der Waals surface area contributed by atoms with Gasteiger partial charge in [-0.1, -0.05) is 25.1 Å². The first kappa shape index (κ1) is 16.3. The quantitative estimate of drug-likeness (QED) is 0.707. The van der Waals surface area contributed by atoms with Crippen LogP contribution < -0.4 is 11.1 Å². The highest BCUT2D eigenvalue weighted by Crippen LogP contribution is 2.39. The van der Waals surface area contributed by atoms with Crippen LogP contribution in [0.5, 0.6) is 0 Å². The van der Waals surface area contributed by atoms with E-state index in [1.165, 1.54) is 0 Å². The lowest BCUT2D eigenvalue weighted by atomic mass is 9.84. The predicted molar refractivity (Wildman–Crippen MR) is 83.9 cm³/mol. The summed E-state index contributed by atoms with van der Waals surface area (Å²) in [6.07, 6.45) is 6.54. The average molecular weight is 311 g/mol. The zero-order valence-electron chi connectivity index (χ0n) is 12.8. The average Bonchev–Trinajstić information content (AvgIpc) is 3.04. The van der Waals surface area contributed by atoms with Gasteiger partial charge in [0.2, 0.25) is 5.91 Å². The molecule has 118 valence electrons. The van der Waals surface area contributed by atoms with Crippen LogP contribution in [-0.4, -0.2) is 38.5 Å². The molecule has 6 nitrogen and oxygen atoms in total. The summed E-state index contributed by atoms with van der Waals surface area (Å²) in [5.41, 5.74) is 5.22. The number of hydrogen-bond acceptors (Lipinski definition) is 5. The summed E-state index contributed by atoms with van der Waals surface area (Å²) in [4.78, 5) is 16.2. The van der Waals surface area contributed by atoms with Crippen LogP contribution >= 0.6 is 11.8 Å². The van der Waals surface area contributed by atoms with Gasteiger partial charge in [0.1, 0.15) is 11.9 Å². The topological polar surface area (TPSA) is 85.8 Å². The zero-order chi connectivity index (χ0) is 15.3. The van der Waals surface area contributed by atoms with Crippen molar-refractivity contribution in [2.24, 2.45) is 18.7 Å². The van der Waals surface area contributed by atoms with E-state index in [-0.39, 0.29) is 5.91 Å². The minimum Gasteiger partial charge on any atom is -0.368 e. The van der Waals surface area contributed by atoms with Crippen molar-refractivity contribution in [3.63, 3.8) is 0 Å². The fourth-order valence-electron chi connectivity index (χ4n) is 3.17. The summed E-state index contributed by atoms with van der Waals surface area (Å²) < 4.78 is 1.77. The number of rotatable bonds is 8. The highest BCUT2D eigenvalue weighted by Gasteiger charge is 2.46. The maximum absolute atomic E-state index is 12.0. The van der Waals surface area contributed by atoms with E-state index < -0.39 is 5.54 Å². The molecule has 0 aliphatic heterocycles. The third-order valence-corrected chi connectivity index (χ3v) is 5.39. The fourth-order valence-corrected chi connectivity index (χ4v) is 4.11. The first-order valence-electron chi connectivity index (χ1n) is 7.62. The van der Waals surface area contributed by atoms with Crippen LogP contribution in [0.25, 0.3) is 0 Å². The third kappa shape index (κ3) is 3.58. The van der Waals surface area contributed by atoms with Gasteiger partial charge in [0.15, 0.2) is 5.16 Å². The molecule has 2 unspecified atom stereocenters. The van der Waals surface area contributed by atoms with Crippen molar-refractivity contribution in [1.29, 1.82) is 0 Å². The van der Waals surface area contributed by atoms with Crippen molar-refractivity contribution < 1.29 is 4.79 Å². The van der Waals surface area contributed by atoms with Gasteiger partial charge in [0.05, 0.1) is 0 Å². The predicted octanol–water partition coefficient (Wildman–Crippen LogP) is 1.32. The molecule has 2 rings (SSSR count). The van der Waals surface area contributed by atoms with Gasteiger partial charge in [-0.2, -0.15) is 5.10 Å². The maximum Gasteiger partial charge on any atom is 0.238 e. The molecule has 1 heterocycles. The van der Waals surface area contributed by atoms with Crippen LogP contribution in [0.1, 0.15) is 39.0 Å². The van der Waals surface area contributed by atoms with Crippen LogP contribution in [0, 0.1) is 5.92 Å². The van der Waals surface area contributed by atoms with Gasteiger partial charge < -0.3 is 11.1 Å². The molecule has 0 spiro atoms. The Hall–Kier alpha value is -1.08. The van der Waals surface area contributed by atoms with Crippen molar-refractivity contribution in [2.75, 3.05) is 12.3 Å². The van der Waals surface area contributed by atoms with E-state index in [0.717, 1.165) is 49.6 Å². The lowest BCUT2D eigenvalue weighted by Crippen LogP contribution is -2.58. The summed E-state index contributed by atoms with van der Waals surface area (Å²) in [6, 6.07) is 0. The number of carbonyl (C=O) groups excluding carboxylic acids is 1. The first-order chi connectivity index (χ1) is 10.1. The van der Waals surface area contributed by atoms with Crippen LogP contribution in [0.2, 0.25) is 0 Å². The van der Waals surface area contributed by atoms with Crippen molar-refractivity contribution in [1.82, 2.24) is 20.1 Å². The Morgan fingerprint density at radius 2 is 2.48 bits per heavy atom. The molecule has 1 aliphatic carbocycles. The minimum atomic E-state index is -0.504. The Morgan fingerprint density at radius 3 is 3.10 bits per heavy atom. The third-order valence-electron chi connectivity index (χ3n) is 4.32. The summed E-state index contributed by atoms with van der Waals surface area (Å²) in [5.74, 6) is 1.06. The molecule has 0 radical (unpaired) electrons. The zero-order valence-corrected chi connectivity index (χ0v) is 13.7. The molecular weight excluding hydrogens is 286 g/mol. The molecule has 0 saturated heterocycles. The largest absolute Gasteiger partial charge is 0.368 e. The first-order valence-corrected chi connectivity index (χ1v) is 8.60. The number of primary amides is 1. The number of nitrogens with two attached hydrogens (primary N) is 1. The number of nitrogens with one attached hydrogen (secondary N) is 1. The second-order valence-corrected chi connectivity index (χ2v) is 6.72. The van der Waals surface area contributed by atoms with Gasteiger partial charge >= 0.3 is 0 Å². The van der Waals surface area contributed by atoms with Crippen LogP contribution in [0.4, 0.5) is 0 Å². The normalized spacial score (nSPS) is 25.3. The molecule has 0 aromatic carbocycles. The van der Waals surface area contributed by atoms with Gasteiger partial charge in [-0.15, -0.1) is 0 Å². The fraction of sp³-hybridized carbons (Fsp3) is 0.786. The Bertz CT molecular complexity index is 478. The molecule has 1 fully saturated rings. The van der Waals surface area contributed by atoms with E-state index in [0.29, 0.717) is 5.92 Å². The van der Waals surface area contributed by atoms with Gasteiger partial charge in [0, 0.05) is 12.8 Å². The van der Waals surface area contributed by atoms with E-state index >= 15 is 0 Å². The Balaban J connectivity index is 1.93. The molecule has 1 saturated carbocycles. The summed E-state index contributed by atoms with van der Waals surface area (Å²) >= 11 is 1.69. The van der Waals surface area contributed by atoms with Crippen molar-refractivity contribution in [3.05, 3.63) is 6.33 Å². The van der Waals surface area contributed by atoms with Gasteiger partial charge in [-0.05, 0) is 38.1 Å². The second kappa shape index (κ2) is 7.26. The number of carbonyl (C=O) groups is 1. The summed E-state index contributed by atoms with van der Waals surface area (Å²) in [5, 5.41) is 8.41. The van der Waals surface area contributed by atoms with Gasteiger partial charge in [0.25, 0.3) is 0 Å². The molecule has 1 aromatic heterocycles. The van der Waals surface area contributed by atoms with E-state index in [2.05, 4.69) is 22.3 Å². The standard InChI is InChI=1S/C14H25N5OS/c1-3-8-17-14(12(15)20)7-4-5-11(14)6-9-21-13-16-10-18-19(13)2/h10-11,17H,3-9H2,1-2H3,(H2,15,20). The summed E-state index contributed by atoms with van der Waals surface area (Å²) in [7, 11) is 1.89. The monoisotopic (exact) mass is 311 g/mol. The van der Waals surface area contributed by atoms with E-state index in [9.17, 15) is 4.79 Å². The lowest BCUT2D eigenvalue weighted by Gasteiger charge is -2.33. The maximum atomic E-state index is 12.0. The van der Waals surface area contributed by atoms with Crippen molar-refractivity contribution >= 4 is 17.7 Å². The minimum absolute atomic E-state index is 0.192. The molecule has 1 aromatic rings. The summed E-state index contributed by atoms with van der Waals surface area (Å²) in [6.45, 7) is 2.95. The molecular formula is C14H25N5OS. The molecule has 2 atom stereocenters. The molecule has 21 heavy (non-hydrogen) atoms. The lowest BCUT2D eigenvalue weighted by molar-refractivity contribution is -0.126. The number of aryl methyl sites for hydroxylation is 1. The number of hydrogen-bond donors (Lipinski definition) is 2. The van der Waals surface area contributed by atoms with Gasteiger partial charge in [-0.25, -0.2) is 9.67 Å². The second-order valence-electron chi connectivity index (χ2n) is 5.65. The van der Waals surface area contributed by atoms with Gasteiger partial charge in [-0.3, -0.25) is 4.79 Å². The molecule has 1 amide bonds. The van der Waals surface area contributed by atoms with Crippen molar-refractivity contribution in [3.8, 4) is 0 Å². The van der Waals surface area contributed by atoms with E-state index in [1.54, 1.807) is 22.8 Å². The smallest absolute Gasteiger partial charge is 0.238 e. The molecule has 3 N–H and O–H groups in total. The Kier molecular flexibility index (Phi) is 5.64. The number of thioether (sulfide) groups is 1. The van der Waals surface area contributed by atoms with E-state index in [4.69, 9.17) is 5.73 Å². The SMILES string of the molecule is CCCNC1(C(N)=O)CCCC1CCSc1ncnn1C. The highest BCUT2D eigenvalue weighted by atomic mass is 32.2. The number of aromatic nitrogens is 3. The number of nitrogens with zero attached hydrogens (tertiary/aromatic N) is 3. The Morgan fingerprint density at radius 1 is 1.67 bits per heavy atom. The van der Waals surface area contributed by atoms with Crippen LogP contribution in [0.15, 0.2) is 11.5 Å². The van der Waals surface area contributed by atoms with Crippen molar-refractivity contribution in [2.45, 2.75) is 49.7 Å². The van der Waals surface area contributed by atoms with Crippen LogP contribution in [0.3, 0.4) is 0 Å². The Labute approximate surface area is 130 Å². The highest BCUT2D eigenvalue weighted by molar-refractivity contribution is 7.99. The number of amides is 1. The molecule has 7 heteroatoms.